The Balaban J connectivity index is 1.34. The van der Waals surface area contributed by atoms with Gasteiger partial charge in [-0.25, -0.2) is 15.0 Å². The summed E-state index contributed by atoms with van der Waals surface area (Å²) in [5.41, 5.74) is 4.42. The van der Waals surface area contributed by atoms with Crippen LogP contribution in [-0.2, 0) is 10.5 Å². The maximum atomic E-state index is 13.0. The Kier molecular flexibility index (Phi) is 8.46. The summed E-state index contributed by atoms with van der Waals surface area (Å²) in [4.78, 5) is 28.7. The number of morpholine rings is 1. The van der Waals surface area contributed by atoms with E-state index in [1.807, 2.05) is 32.0 Å². The van der Waals surface area contributed by atoms with E-state index in [0.717, 1.165) is 61.9 Å². The number of hydrogen-bond acceptors (Lipinski definition) is 8. The highest BCUT2D eigenvalue weighted by Crippen LogP contribution is 2.25. The van der Waals surface area contributed by atoms with Crippen LogP contribution in [0, 0.1) is 13.8 Å². The first-order chi connectivity index (χ1) is 16.6. The van der Waals surface area contributed by atoms with E-state index in [2.05, 4.69) is 36.6 Å². The minimum atomic E-state index is -0.172. The summed E-state index contributed by atoms with van der Waals surface area (Å²) < 4.78 is 5.39. The predicted octanol–water partition coefficient (Wildman–Crippen LogP) is 3.78. The van der Waals surface area contributed by atoms with Gasteiger partial charge < -0.3 is 15.4 Å². The number of aromatic nitrogens is 3. The Hall–Kier alpha value is -3.01. The fourth-order valence-corrected chi connectivity index (χ4v) is 4.68. The van der Waals surface area contributed by atoms with Crippen molar-refractivity contribution in [2.75, 3.05) is 50.0 Å². The Labute approximate surface area is 204 Å². The average molecular weight is 479 g/mol. The van der Waals surface area contributed by atoms with Gasteiger partial charge in [-0.3, -0.25) is 9.69 Å². The summed E-state index contributed by atoms with van der Waals surface area (Å²) in [6, 6.07) is 11.5. The van der Waals surface area contributed by atoms with E-state index in [1.165, 1.54) is 11.8 Å². The van der Waals surface area contributed by atoms with Crippen LogP contribution in [0.3, 0.4) is 0 Å². The van der Waals surface area contributed by atoms with Gasteiger partial charge in [-0.1, -0.05) is 17.8 Å². The molecular formula is C25H30N6O2S. The maximum Gasteiger partial charge on any atom is 0.258 e. The van der Waals surface area contributed by atoms with Crippen molar-refractivity contribution in [3.05, 3.63) is 71.2 Å². The highest BCUT2D eigenvalue weighted by Gasteiger charge is 2.14. The molecule has 34 heavy (non-hydrogen) atoms. The first-order valence-corrected chi connectivity index (χ1v) is 12.4. The van der Waals surface area contributed by atoms with Crippen molar-refractivity contribution in [1.82, 2.24) is 19.9 Å². The molecule has 1 aliphatic rings. The Morgan fingerprint density at radius 1 is 1.09 bits per heavy atom. The largest absolute Gasteiger partial charge is 0.379 e. The number of benzene rings is 1. The predicted molar refractivity (Wildman–Crippen MR) is 135 cm³/mol. The summed E-state index contributed by atoms with van der Waals surface area (Å²) in [5.74, 6) is 1.02. The third kappa shape index (κ3) is 6.99. The number of aryl methyl sites for hydroxylation is 2. The first kappa shape index (κ1) is 24.1. The van der Waals surface area contributed by atoms with Gasteiger partial charge in [0.15, 0.2) is 0 Å². The summed E-state index contributed by atoms with van der Waals surface area (Å²) in [6.45, 7) is 9.25. The zero-order valence-electron chi connectivity index (χ0n) is 19.6. The fourth-order valence-electron chi connectivity index (χ4n) is 3.78. The van der Waals surface area contributed by atoms with Crippen molar-refractivity contribution >= 4 is 29.3 Å². The number of pyridine rings is 1. The number of amides is 1. The number of nitrogens with zero attached hydrogens (tertiary/aromatic N) is 4. The topological polar surface area (TPSA) is 92.3 Å². The van der Waals surface area contributed by atoms with Crippen LogP contribution >= 0.6 is 11.8 Å². The number of anilines is 2. The number of thioether (sulfide) groups is 1. The van der Waals surface area contributed by atoms with E-state index in [4.69, 9.17) is 4.74 Å². The Morgan fingerprint density at radius 3 is 2.68 bits per heavy atom. The van der Waals surface area contributed by atoms with Crippen LogP contribution in [0.5, 0.6) is 0 Å². The standard InChI is InChI=1S/C25H30N6O2S/c1-18-14-19(2)16-21(15-18)29-23(32)22-4-3-6-26-24(22)34-17-20-5-7-27-25(30-20)28-8-9-31-10-12-33-13-11-31/h3-7,14-16H,8-13,17H2,1-2H3,(H,29,32)(H,27,28,30). The molecule has 1 fully saturated rings. The van der Waals surface area contributed by atoms with Crippen LogP contribution in [0.4, 0.5) is 11.6 Å². The molecule has 1 aliphatic heterocycles. The third-order valence-electron chi connectivity index (χ3n) is 5.38. The van der Waals surface area contributed by atoms with Crippen LogP contribution in [0.15, 0.2) is 53.8 Å². The molecule has 1 amide bonds. The van der Waals surface area contributed by atoms with Crippen LogP contribution < -0.4 is 10.6 Å². The van der Waals surface area contributed by atoms with Crippen molar-refractivity contribution in [3.63, 3.8) is 0 Å². The molecule has 4 rings (SSSR count). The van der Waals surface area contributed by atoms with Crippen molar-refractivity contribution in [3.8, 4) is 0 Å². The molecule has 3 aromatic rings. The molecule has 178 valence electrons. The van der Waals surface area contributed by atoms with Crippen LogP contribution in [0.1, 0.15) is 27.2 Å². The van der Waals surface area contributed by atoms with E-state index in [9.17, 15) is 4.79 Å². The van der Waals surface area contributed by atoms with Crippen molar-refractivity contribution in [2.24, 2.45) is 0 Å². The first-order valence-electron chi connectivity index (χ1n) is 11.4. The van der Waals surface area contributed by atoms with Gasteiger partial charge in [-0.05, 0) is 55.3 Å². The molecule has 0 spiro atoms. The Bertz CT molecular complexity index is 1100. The summed E-state index contributed by atoms with van der Waals surface area (Å²) in [7, 11) is 0. The van der Waals surface area contributed by atoms with Gasteiger partial charge in [-0.2, -0.15) is 0 Å². The molecule has 8 nitrogen and oxygen atoms in total. The van der Waals surface area contributed by atoms with Gasteiger partial charge in [0.2, 0.25) is 5.95 Å². The van der Waals surface area contributed by atoms with Crippen LogP contribution in [0.25, 0.3) is 0 Å². The van der Waals surface area contributed by atoms with E-state index >= 15 is 0 Å². The van der Waals surface area contributed by atoms with E-state index in [-0.39, 0.29) is 5.91 Å². The summed E-state index contributed by atoms with van der Waals surface area (Å²) >= 11 is 1.49. The van der Waals surface area contributed by atoms with Gasteiger partial charge in [0.25, 0.3) is 5.91 Å². The molecule has 0 radical (unpaired) electrons. The van der Waals surface area contributed by atoms with E-state index < -0.39 is 0 Å². The van der Waals surface area contributed by atoms with E-state index in [1.54, 1.807) is 24.5 Å². The molecule has 0 bridgehead atoms. The minimum absolute atomic E-state index is 0.172. The molecule has 1 saturated heterocycles. The number of hydrogen-bond donors (Lipinski definition) is 2. The molecular weight excluding hydrogens is 448 g/mol. The molecule has 0 saturated carbocycles. The van der Waals surface area contributed by atoms with Crippen molar-refractivity contribution in [2.45, 2.75) is 24.6 Å². The third-order valence-corrected chi connectivity index (χ3v) is 6.42. The van der Waals surface area contributed by atoms with Gasteiger partial charge in [0, 0.05) is 50.0 Å². The second kappa shape index (κ2) is 11.9. The second-order valence-electron chi connectivity index (χ2n) is 8.23. The van der Waals surface area contributed by atoms with Crippen LogP contribution in [0.2, 0.25) is 0 Å². The SMILES string of the molecule is Cc1cc(C)cc(NC(=O)c2cccnc2SCc2ccnc(NCCN3CCOCC3)n2)c1. The maximum absolute atomic E-state index is 13.0. The quantitative estimate of drug-likeness (QED) is 0.449. The zero-order chi connectivity index (χ0) is 23.8. The van der Waals surface area contributed by atoms with Crippen molar-refractivity contribution < 1.29 is 9.53 Å². The molecule has 9 heteroatoms. The fraction of sp³-hybridized carbons (Fsp3) is 0.360. The number of nitrogens with one attached hydrogen (secondary N) is 2. The van der Waals surface area contributed by atoms with Crippen molar-refractivity contribution in [1.29, 1.82) is 0 Å². The van der Waals surface area contributed by atoms with E-state index in [0.29, 0.717) is 22.3 Å². The molecule has 2 aromatic heterocycles. The highest BCUT2D eigenvalue weighted by molar-refractivity contribution is 7.98. The molecule has 0 aliphatic carbocycles. The van der Waals surface area contributed by atoms with Gasteiger partial charge in [0.1, 0.15) is 5.03 Å². The number of ether oxygens (including phenoxy) is 1. The lowest BCUT2D eigenvalue weighted by Gasteiger charge is -2.26. The van der Waals surface area contributed by atoms with Gasteiger partial charge in [0.05, 0.1) is 24.5 Å². The monoisotopic (exact) mass is 478 g/mol. The molecule has 3 heterocycles. The smallest absolute Gasteiger partial charge is 0.258 e. The van der Waals surface area contributed by atoms with Gasteiger partial charge >= 0.3 is 0 Å². The van der Waals surface area contributed by atoms with Crippen LogP contribution in [-0.4, -0.2) is 65.2 Å². The average Bonchev–Trinajstić information content (AvgIpc) is 2.83. The number of carbonyl (C=O) groups excluding carboxylic acids is 1. The number of rotatable bonds is 9. The summed E-state index contributed by atoms with van der Waals surface area (Å²) in [6.07, 6.45) is 3.46. The second-order valence-corrected chi connectivity index (χ2v) is 9.19. The molecule has 1 aromatic carbocycles. The normalized spacial score (nSPS) is 14.1. The lowest BCUT2D eigenvalue weighted by atomic mass is 10.1. The highest BCUT2D eigenvalue weighted by atomic mass is 32.2. The molecule has 0 atom stereocenters. The number of carbonyl (C=O) groups is 1. The molecule has 0 unspecified atom stereocenters. The lowest BCUT2D eigenvalue weighted by Crippen LogP contribution is -2.39. The zero-order valence-corrected chi connectivity index (χ0v) is 20.4. The summed E-state index contributed by atoms with van der Waals surface area (Å²) in [5, 5.41) is 6.97. The Morgan fingerprint density at radius 2 is 1.88 bits per heavy atom. The lowest BCUT2D eigenvalue weighted by molar-refractivity contribution is 0.0398. The minimum Gasteiger partial charge on any atom is -0.379 e. The molecule has 2 N–H and O–H groups in total. The van der Waals surface area contributed by atoms with Gasteiger partial charge in [-0.15, -0.1) is 0 Å².